The van der Waals surface area contributed by atoms with Crippen molar-refractivity contribution in [1.82, 2.24) is 9.55 Å². The van der Waals surface area contributed by atoms with Gasteiger partial charge in [-0.3, -0.25) is 14.2 Å². The van der Waals surface area contributed by atoms with Gasteiger partial charge >= 0.3 is 0 Å². The molecule has 3 rings (SSSR count). The van der Waals surface area contributed by atoms with Crippen molar-refractivity contribution in [3.8, 4) is 5.69 Å². The van der Waals surface area contributed by atoms with Crippen LogP contribution in [0.5, 0.6) is 0 Å². The first kappa shape index (κ1) is 19.2. The maximum absolute atomic E-state index is 12.5. The number of ketones is 1. The molecule has 138 valence electrons. The number of benzene rings is 2. The summed E-state index contributed by atoms with van der Waals surface area (Å²) in [5, 5.41) is 4.09. The number of nitrogens with zero attached hydrogens (tertiary/aromatic N) is 2. The largest absolute Gasteiger partial charge is 0.326 e. The Balaban J connectivity index is 1.71. The zero-order valence-corrected chi connectivity index (χ0v) is 16.5. The number of rotatable bonds is 6. The fourth-order valence-corrected chi connectivity index (χ4v) is 3.62. The van der Waals surface area contributed by atoms with E-state index >= 15 is 0 Å². The van der Waals surface area contributed by atoms with E-state index in [1.807, 2.05) is 35.9 Å². The average Bonchev–Trinajstić information content (AvgIpc) is 3.10. The van der Waals surface area contributed by atoms with Crippen molar-refractivity contribution in [3.63, 3.8) is 0 Å². The Morgan fingerprint density at radius 3 is 2.63 bits per heavy atom. The standard InChI is InChI=1S/C20H18ClN3O2S/c1-13-17(21)4-3-5-18(13)24-11-10-22-20(24)27-12-19(26)15-6-8-16(9-7-15)23-14(2)25/h3-11H,12H2,1-2H3,(H,23,25). The van der Waals surface area contributed by atoms with E-state index in [1.165, 1.54) is 18.7 Å². The molecular formula is C20H18ClN3O2S. The van der Waals surface area contributed by atoms with Gasteiger partial charge in [-0.25, -0.2) is 4.98 Å². The van der Waals surface area contributed by atoms with Crippen LogP contribution in [0.2, 0.25) is 5.02 Å². The second kappa shape index (κ2) is 8.41. The van der Waals surface area contributed by atoms with Crippen molar-refractivity contribution in [1.29, 1.82) is 0 Å². The first-order chi connectivity index (χ1) is 13.0. The number of anilines is 1. The van der Waals surface area contributed by atoms with Crippen LogP contribution in [0.25, 0.3) is 5.69 Å². The highest BCUT2D eigenvalue weighted by Gasteiger charge is 2.13. The van der Waals surface area contributed by atoms with Crippen molar-refractivity contribution in [2.45, 2.75) is 19.0 Å². The third-order valence-corrected chi connectivity index (χ3v) is 5.34. The number of carbonyl (C=O) groups excluding carboxylic acids is 2. The van der Waals surface area contributed by atoms with Gasteiger partial charge in [0.15, 0.2) is 10.9 Å². The number of amides is 1. The zero-order chi connectivity index (χ0) is 19.4. The summed E-state index contributed by atoms with van der Waals surface area (Å²) in [5.41, 5.74) is 3.15. The molecular weight excluding hydrogens is 382 g/mol. The van der Waals surface area contributed by atoms with Crippen LogP contribution in [0.1, 0.15) is 22.8 Å². The highest BCUT2D eigenvalue weighted by atomic mass is 35.5. The number of Topliss-reactive ketones (excluding diaryl/α,β-unsaturated/α-hetero) is 1. The average molecular weight is 400 g/mol. The highest BCUT2D eigenvalue weighted by molar-refractivity contribution is 7.99. The lowest BCUT2D eigenvalue weighted by Gasteiger charge is -2.11. The Morgan fingerprint density at radius 1 is 1.19 bits per heavy atom. The number of hydrogen-bond acceptors (Lipinski definition) is 4. The van der Waals surface area contributed by atoms with Gasteiger partial charge in [-0.2, -0.15) is 0 Å². The summed E-state index contributed by atoms with van der Waals surface area (Å²) in [6.45, 7) is 3.40. The van der Waals surface area contributed by atoms with Gasteiger partial charge in [0.1, 0.15) is 0 Å². The van der Waals surface area contributed by atoms with Crippen LogP contribution in [0.4, 0.5) is 5.69 Å². The van der Waals surface area contributed by atoms with Gasteiger partial charge in [-0.1, -0.05) is 29.4 Å². The quantitative estimate of drug-likeness (QED) is 0.479. The molecule has 0 unspecified atom stereocenters. The predicted molar refractivity (Wildman–Crippen MR) is 109 cm³/mol. The Labute approximate surface area is 166 Å². The third-order valence-electron chi connectivity index (χ3n) is 3.97. The maximum atomic E-state index is 12.5. The number of carbonyl (C=O) groups is 2. The van der Waals surface area contributed by atoms with E-state index in [0.717, 1.165) is 16.4 Å². The Morgan fingerprint density at radius 2 is 1.93 bits per heavy atom. The number of imidazole rings is 1. The molecule has 0 saturated carbocycles. The molecule has 1 amide bonds. The Kier molecular flexibility index (Phi) is 5.98. The fraction of sp³-hybridized carbons (Fsp3) is 0.150. The number of aromatic nitrogens is 2. The predicted octanol–water partition coefficient (Wildman–Crippen LogP) is 4.77. The van der Waals surface area contributed by atoms with Crippen LogP contribution in [-0.2, 0) is 4.79 Å². The van der Waals surface area contributed by atoms with Gasteiger partial charge in [0, 0.05) is 35.6 Å². The molecule has 7 heteroatoms. The molecule has 0 saturated heterocycles. The van der Waals surface area contributed by atoms with Crippen molar-refractivity contribution in [3.05, 3.63) is 71.0 Å². The summed E-state index contributed by atoms with van der Waals surface area (Å²) in [6.07, 6.45) is 3.56. The van der Waals surface area contributed by atoms with Gasteiger partial charge < -0.3 is 5.32 Å². The SMILES string of the molecule is CC(=O)Nc1ccc(C(=O)CSc2nccn2-c2cccc(Cl)c2C)cc1. The van der Waals surface area contributed by atoms with Crippen LogP contribution >= 0.6 is 23.4 Å². The molecule has 0 aliphatic carbocycles. The maximum Gasteiger partial charge on any atom is 0.221 e. The van der Waals surface area contributed by atoms with E-state index in [1.54, 1.807) is 30.5 Å². The van der Waals surface area contributed by atoms with Gasteiger partial charge in [0.25, 0.3) is 0 Å². The first-order valence-corrected chi connectivity index (χ1v) is 9.64. The van der Waals surface area contributed by atoms with E-state index in [9.17, 15) is 9.59 Å². The lowest BCUT2D eigenvalue weighted by molar-refractivity contribution is -0.114. The zero-order valence-electron chi connectivity index (χ0n) is 14.9. The van der Waals surface area contributed by atoms with Crippen molar-refractivity contribution < 1.29 is 9.59 Å². The van der Waals surface area contributed by atoms with Gasteiger partial charge in [-0.05, 0) is 48.9 Å². The molecule has 0 aliphatic heterocycles. The summed E-state index contributed by atoms with van der Waals surface area (Å²) < 4.78 is 1.93. The van der Waals surface area contributed by atoms with Gasteiger partial charge in [0.05, 0.1) is 11.4 Å². The minimum absolute atomic E-state index is 0.00765. The summed E-state index contributed by atoms with van der Waals surface area (Å²) in [4.78, 5) is 27.9. The molecule has 1 heterocycles. The summed E-state index contributed by atoms with van der Waals surface area (Å²) >= 11 is 7.58. The second-order valence-electron chi connectivity index (χ2n) is 5.93. The number of hydrogen-bond donors (Lipinski definition) is 1. The number of halogens is 1. The second-order valence-corrected chi connectivity index (χ2v) is 7.28. The summed E-state index contributed by atoms with van der Waals surface area (Å²) in [7, 11) is 0. The number of nitrogens with one attached hydrogen (secondary N) is 1. The van der Waals surface area contributed by atoms with Crippen LogP contribution < -0.4 is 5.32 Å². The van der Waals surface area contributed by atoms with Crippen LogP contribution in [0.3, 0.4) is 0 Å². The molecule has 3 aromatic rings. The topological polar surface area (TPSA) is 64.0 Å². The van der Waals surface area contributed by atoms with Crippen LogP contribution in [0.15, 0.2) is 60.0 Å². The molecule has 0 atom stereocenters. The number of thioether (sulfide) groups is 1. The summed E-state index contributed by atoms with van der Waals surface area (Å²) in [5.74, 6) is 0.107. The highest BCUT2D eigenvalue weighted by Crippen LogP contribution is 2.27. The molecule has 5 nitrogen and oxygen atoms in total. The van der Waals surface area contributed by atoms with Crippen LogP contribution in [0, 0.1) is 6.92 Å². The molecule has 0 spiro atoms. The van der Waals surface area contributed by atoms with E-state index in [-0.39, 0.29) is 17.4 Å². The van der Waals surface area contributed by atoms with Crippen molar-refractivity contribution in [2.75, 3.05) is 11.1 Å². The summed E-state index contributed by atoms with van der Waals surface area (Å²) in [6, 6.07) is 12.6. The lowest BCUT2D eigenvalue weighted by atomic mass is 10.1. The van der Waals surface area contributed by atoms with Crippen molar-refractivity contribution in [2.24, 2.45) is 0 Å². The fourth-order valence-electron chi connectivity index (χ4n) is 2.59. The van der Waals surface area contributed by atoms with E-state index < -0.39 is 0 Å². The Hall–Kier alpha value is -2.57. The molecule has 0 radical (unpaired) electrons. The normalized spacial score (nSPS) is 10.6. The molecule has 0 fully saturated rings. The van der Waals surface area contributed by atoms with E-state index in [4.69, 9.17) is 11.6 Å². The van der Waals surface area contributed by atoms with E-state index in [0.29, 0.717) is 16.3 Å². The smallest absolute Gasteiger partial charge is 0.221 e. The molecule has 0 aliphatic rings. The van der Waals surface area contributed by atoms with Gasteiger partial charge in [0.2, 0.25) is 5.91 Å². The molecule has 0 bridgehead atoms. The Bertz CT molecular complexity index is 983. The van der Waals surface area contributed by atoms with Crippen molar-refractivity contribution >= 4 is 40.7 Å². The molecule has 1 N–H and O–H groups in total. The molecule has 1 aromatic heterocycles. The van der Waals surface area contributed by atoms with Gasteiger partial charge in [-0.15, -0.1) is 0 Å². The molecule has 2 aromatic carbocycles. The molecule has 27 heavy (non-hydrogen) atoms. The lowest BCUT2D eigenvalue weighted by Crippen LogP contribution is -2.07. The van der Waals surface area contributed by atoms with E-state index in [2.05, 4.69) is 10.3 Å². The monoisotopic (exact) mass is 399 g/mol. The minimum atomic E-state index is -0.146. The minimum Gasteiger partial charge on any atom is -0.326 e. The van der Waals surface area contributed by atoms with Crippen LogP contribution in [-0.4, -0.2) is 27.0 Å². The third kappa shape index (κ3) is 4.59. The first-order valence-electron chi connectivity index (χ1n) is 8.28.